The van der Waals surface area contributed by atoms with E-state index < -0.39 is 5.82 Å². The zero-order valence-electron chi connectivity index (χ0n) is 7.71. The minimum Gasteiger partial charge on any atom is -0.454 e. The normalized spacial score (nSPS) is 10.0. The van der Waals surface area contributed by atoms with Gasteiger partial charge in [0.25, 0.3) is 0 Å². The van der Waals surface area contributed by atoms with Gasteiger partial charge in [-0.25, -0.2) is 4.39 Å². The molecule has 0 fully saturated rings. The third kappa shape index (κ3) is 2.57. The molecule has 75 valence electrons. The highest BCUT2D eigenvalue weighted by molar-refractivity contribution is 9.10. The summed E-state index contributed by atoms with van der Waals surface area (Å²) < 4.78 is 19.4. The summed E-state index contributed by atoms with van der Waals surface area (Å²) in [5, 5.41) is 0. The number of halogens is 2. The van der Waals surface area contributed by atoms with Crippen LogP contribution in [0.2, 0.25) is 0 Å². The zero-order valence-corrected chi connectivity index (χ0v) is 9.29. The van der Waals surface area contributed by atoms with Crippen LogP contribution in [0.25, 0.3) is 0 Å². The van der Waals surface area contributed by atoms with Gasteiger partial charge in [-0.1, -0.05) is 34.1 Å². The van der Waals surface area contributed by atoms with Gasteiger partial charge in [0, 0.05) is 10.5 Å². The van der Waals surface area contributed by atoms with Gasteiger partial charge in [-0.05, 0) is 24.3 Å². The van der Waals surface area contributed by atoms with Gasteiger partial charge in [0.1, 0.15) is 5.75 Å². The molecule has 0 aliphatic carbocycles. The van der Waals surface area contributed by atoms with Gasteiger partial charge in [0.05, 0.1) is 0 Å². The van der Waals surface area contributed by atoms with Crippen molar-refractivity contribution < 1.29 is 9.13 Å². The van der Waals surface area contributed by atoms with Crippen LogP contribution in [-0.4, -0.2) is 0 Å². The molecule has 0 N–H and O–H groups in total. The Labute approximate surface area is 95.6 Å². The van der Waals surface area contributed by atoms with Gasteiger partial charge < -0.3 is 4.74 Å². The monoisotopic (exact) mass is 265 g/mol. The molecule has 0 saturated carbocycles. The van der Waals surface area contributed by atoms with Gasteiger partial charge in [-0.15, -0.1) is 0 Å². The molecule has 0 spiro atoms. The third-order valence-corrected chi connectivity index (χ3v) is 2.29. The van der Waals surface area contributed by atoms with E-state index in [2.05, 4.69) is 22.0 Å². The lowest BCUT2D eigenvalue weighted by Gasteiger charge is -2.05. The van der Waals surface area contributed by atoms with E-state index in [1.807, 2.05) is 12.1 Å². The van der Waals surface area contributed by atoms with Crippen molar-refractivity contribution in [2.75, 3.05) is 0 Å². The summed E-state index contributed by atoms with van der Waals surface area (Å²) in [4.78, 5) is 0. The fraction of sp³-hybridized carbons (Fsp3) is 0. The number of hydrogen-bond acceptors (Lipinski definition) is 1. The molecule has 0 aliphatic heterocycles. The first-order valence-electron chi connectivity index (χ1n) is 4.35. The van der Waals surface area contributed by atoms with Crippen molar-refractivity contribution in [1.29, 1.82) is 0 Å². The predicted molar refractivity (Wildman–Crippen MR) is 59.5 cm³/mol. The van der Waals surface area contributed by atoms with Crippen LogP contribution in [0.3, 0.4) is 0 Å². The standard InChI is InChI=1S/C12H7BrFO/c13-9-6-7-12(11(14)8-9)15-10-4-2-1-3-5-10/h1-4,6-8H. The van der Waals surface area contributed by atoms with E-state index >= 15 is 0 Å². The molecular formula is C12H7BrFO. The van der Waals surface area contributed by atoms with Crippen molar-refractivity contribution in [2.45, 2.75) is 0 Å². The minimum absolute atomic E-state index is 0.195. The van der Waals surface area contributed by atoms with E-state index in [-0.39, 0.29) is 5.75 Å². The number of rotatable bonds is 2. The Balaban J connectivity index is 2.25. The van der Waals surface area contributed by atoms with Gasteiger partial charge in [0.2, 0.25) is 0 Å². The van der Waals surface area contributed by atoms with E-state index in [1.165, 1.54) is 6.07 Å². The largest absolute Gasteiger partial charge is 0.454 e. The maximum Gasteiger partial charge on any atom is 0.166 e. The molecule has 0 atom stereocenters. The summed E-state index contributed by atoms with van der Waals surface area (Å²) in [6.07, 6.45) is 0. The molecule has 1 nitrogen and oxygen atoms in total. The predicted octanol–water partition coefficient (Wildman–Crippen LogP) is 4.18. The fourth-order valence-corrected chi connectivity index (χ4v) is 1.45. The average molecular weight is 266 g/mol. The first-order chi connectivity index (χ1) is 7.25. The Hall–Kier alpha value is -1.35. The van der Waals surface area contributed by atoms with Crippen LogP contribution in [0.1, 0.15) is 0 Å². The Kier molecular flexibility index (Phi) is 3.02. The van der Waals surface area contributed by atoms with Crippen LogP contribution < -0.4 is 4.74 Å². The second-order valence-corrected chi connectivity index (χ2v) is 3.82. The van der Waals surface area contributed by atoms with Crippen molar-refractivity contribution in [2.24, 2.45) is 0 Å². The molecule has 2 aromatic carbocycles. The van der Waals surface area contributed by atoms with Crippen molar-refractivity contribution in [3.8, 4) is 11.5 Å². The van der Waals surface area contributed by atoms with Crippen LogP contribution in [0.5, 0.6) is 11.5 Å². The quantitative estimate of drug-likeness (QED) is 0.792. The van der Waals surface area contributed by atoms with Crippen LogP contribution >= 0.6 is 15.9 Å². The van der Waals surface area contributed by atoms with Gasteiger partial charge in [-0.3, -0.25) is 0 Å². The highest BCUT2D eigenvalue weighted by atomic mass is 79.9. The van der Waals surface area contributed by atoms with E-state index in [1.54, 1.807) is 24.3 Å². The molecule has 3 heteroatoms. The molecule has 1 radical (unpaired) electrons. The Morgan fingerprint density at radius 3 is 2.73 bits per heavy atom. The van der Waals surface area contributed by atoms with E-state index in [4.69, 9.17) is 4.74 Å². The highest BCUT2D eigenvalue weighted by Crippen LogP contribution is 2.26. The van der Waals surface area contributed by atoms with Crippen LogP contribution in [-0.2, 0) is 0 Å². The van der Waals surface area contributed by atoms with Crippen molar-refractivity contribution in [3.63, 3.8) is 0 Å². The van der Waals surface area contributed by atoms with E-state index in [0.717, 1.165) is 0 Å². The fourth-order valence-electron chi connectivity index (χ4n) is 1.12. The summed E-state index contributed by atoms with van der Waals surface area (Å²) in [6, 6.07) is 14.6. The van der Waals surface area contributed by atoms with Crippen molar-refractivity contribution in [3.05, 3.63) is 58.8 Å². The molecule has 0 aliphatic rings. The van der Waals surface area contributed by atoms with Crippen LogP contribution in [0.4, 0.5) is 4.39 Å². The van der Waals surface area contributed by atoms with Gasteiger partial charge >= 0.3 is 0 Å². The van der Waals surface area contributed by atoms with Gasteiger partial charge in [0.15, 0.2) is 11.6 Å². The SMILES string of the molecule is Fc1cc(Br)ccc1Oc1[c]cccc1. The van der Waals surface area contributed by atoms with Crippen LogP contribution in [0.15, 0.2) is 46.9 Å². The van der Waals surface area contributed by atoms with Gasteiger partial charge in [-0.2, -0.15) is 0 Å². The van der Waals surface area contributed by atoms with E-state index in [9.17, 15) is 4.39 Å². The lowest BCUT2D eigenvalue weighted by molar-refractivity contribution is 0.441. The molecule has 15 heavy (non-hydrogen) atoms. The number of hydrogen-bond donors (Lipinski definition) is 0. The Morgan fingerprint density at radius 1 is 1.20 bits per heavy atom. The minimum atomic E-state index is -0.401. The smallest absolute Gasteiger partial charge is 0.166 e. The molecule has 0 unspecified atom stereocenters. The lowest BCUT2D eigenvalue weighted by Crippen LogP contribution is -1.87. The molecule has 0 heterocycles. The summed E-state index contributed by atoms with van der Waals surface area (Å²) in [6.45, 7) is 0. The maximum atomic E-state index is 13.4. The molecule has 0 amide bonds. The molecule has 0 aromatic heterocycles. The lowest BCUT2D eigenvalue weighted by atomic mass is 10.3. The second-order valence-electron chi connectivity index (χ2n) is 2.90. The Morgan fingerprint density at radius 2 is 2.07 bits per heavy atom. The number of para-hydroxylation sites is 1. The summed E-state index contributed by atoms with van der Waals surface area (Å²) in [5.41, 5.74) is 0. The summed E-state index contributed by atoms with van der Waals surface area (Å²) in [5.74, 6) is 0.293. The van der Waals surface area contributed by atoms with Crippen molar-refractivity contribution in [1.82, 2.24) is 0 Å². The zero-order chi connectivity index (χ0) is 10.7. The first-order valence-corrected chi connectivity index (χ1v) is 5.14. The first kappa shape index (κ1) is 10.2. The number of ether oxygens (including phenoxy) is 1. The van der Waals surface area contributed by atoms with Crippen LogP contribution in [0, 0.1) is 11.9 Å². The topological polar surface area (TPSA) is 9.23 Å². The number of benzene rings is 2. The molecule has 2 aromatic rings. The maximum absolute atomic E-state index is 13.4. The highest BCUT2D eigenvalue weighted by Gasteiger charge is 2.04. The summed E-state index contributed by atoms with van der Waals surface area (Å²) in [7, 11) is 0. The average Bonchev–Trinajstić information content (AvgIpc) is 2.24. The second kappa shape index (κ2) is 4.45. The molecule has 2 rings (SSSR count). The molecule has 0 saturated heterocycles. The third-order valence-electron chi connectivity index (χ3n) is 1.79. The van der Waals surface area contributed by atoms with Crippen molar-refractivity contribution >= 4 is 15.9 Å². The van der Waals surface area contributed by atoms with E-state index in [0.29, 0.717) is 10.2 Å². The molecular weight excluding hydrogens is 259 g/mol. The Bertz CT molecular complexity index is 456. The summed E-state index contributed by atoms with van der Waals surface area (Å²) >= 11 is 3.18. The molecule has 0 bridgehead atoms.